The summed E-state index contributed by atoms with van der Waals surface area (Å²) in [5, 5.41) is 3.39. The lowest BCUT2D eigenvalue weighted by atomic mass is 9.96. The minimum atomic E-state index is -0.581. The van der Waals surface area contributed by atoms with Gasteiger partial charge in [0.1, 0.15) is 6.04 Å². The van der Waals surface area contributed by atoms with Gasteiger partial charge >= 0.3 is 0 Å². The molecule has 0 radical (unpaired) electrons. The molecular weight excluding hydrogens is 364 g/mol. The molecule has 140 valence electrons. The van der Waals surface area contributed by atoms with Crippen molar-refractivity contribution >= 4 is 34.9 Å². The van der Waals surface area contributed by atoms with Crippen LogP contribution in [-0.4, -0.2) is 27.8 Å². The summed E-state index contributed by atoms with van der Waals surface area (Å²) < 4.78 is 0. The summed E-state index contributed by atoms with van der Waals surface area (Å²) in [5.74, 6) is 0.509. The zero-order chi connectivity index (χ0) is 18.8. The maximum atomic E-state index is 13.1. The minimum Gasteiger partial charge on any atom is -0.308 e. The maximum absolute atomic E-state index is 13.1. The van der Waals surface area contributed by atoms with Crippen molar-refractivity contribution in [3.8, 4) is 0 Å². The van der Waals surface area contributed by atoms with Gasteiger partial charge in [0.15, 0.2) is 5.82 Å². The number of fused-ring (bicyclic) bond motifs is 1. The van der Waals surface area contributed by atoms with Gasteiger partial charge in [-0.15, -0.1) is 0 Å². The fourth-order valence-corrected chi connectivity index (χ4v) is 4.36. The monoisotopic (exact) mass is 384 g/mol. The highest BCUT2D eigenvalue weighted by atomic mass is 35.5. The third-order valence-electron chi connectivity index (χ3n) is 5.41. The first-order valence-electron chi connectivity index (χ1n) is 9.30. The van der Waals surface area contributed by atoms with Crippen LogP contribution in [0.3, 0.4) is 0 Å². The first-order chi connectivity index (χ1) is 13.1. The van der Waals surface area contributed by atoms with Gasteiger partial charge in [0.2, 0.25) is 11.8 Å². The van der Waals surface area contributed by atoms with E-state index >= 15 is 0 Å². The first kappa shape index (κ1) is 17.9. The van der Waals surface area contributed by atoms with Crippen molar-refractivity contribution in [1.82, 2.24) is 9.97 Å². The van der Waals surface area contributed by atoms with Gasteiger partial charge in [-0.05, 0) is 24.5 Å². The fourth-order valence-electron chi connectivity index (χ4n) is 4.13. The molecular formula is C20H21ClN4O2. The van der Waals surface area contributed by atoms with Gasteiger partial charge in [-0.3, -0.25) is 19.5 Å². The molecule has 1 fully saturated rings. The van der Waals surface area contributed by atoms with Gasteiger partial charge in [-0.25, -0.2) is 4.98 Å². The summed E-state index contributed by atoms with van der Waals surface area (Å²) in [6, 6.07) is 4.88. The predicted octanol–water partition coefficient (Wildman–Crippen LogP) is 3.61. The summed E-state index contributed by atoms with van der Waals surface area (Å²) in [6.07, 6.45) is 10.0. The number of amides is 2. The van der Waals surface area contributed by atoms with Crippen molar-refractivity contribution < 1.29 is 9.59 Å². The summed E-state index contributed by atoms with van der Waals surface area (Å²) in [7, 11) is 0. The van der Waals surface area contributed by atoms with Crippen LogP contribution in [0.1, 0.15) is 37.7 Å². The molecule has 1 unspecified atom stereocenters. The van der Waals surface area contributed by atoms with E-state index < -0.39 is 6.04 Å². The van der Waals surface area contributed by atoms with Crippen LogP contribution in [0.15, 0.2) is 36.8 Å². The number of hydrogen-bond acceptors (Lipinski definition) is 4. The highest BCUT2D eigenvalue weighted by Crippen LogP contribution is 2.38. The molecule has 4 rings (SSSR count). The summed E-state index contributed by atoms with van der Waals surface area (Å²) in [5.41, 5.74) is 1.54. The Kier molecular flexibility index (Phi) is 5.07. The smallest absolute Gasteiger partial charge is 0.248 e. The Balaban J connectivity index is 1.64. The molecule has 1 saturated carbocycles. The van der Waals surface area contributed by atoms with Crippen LogP contribution in [0.5, 0.6) is 0 Å². The van der Waals surface area contributed by atoms with E-state index in [1.807, 2.05) is 12.1 Å². The first-order valence-corrected chi connectivity index (χ1v) is 9.67. The van der Waals surface area contributed by atoms with E-state index in [1.54, 1.807) is 17.2 Å². The number of carbonyl (C=O) groups excluding carboxylic acids is 2. The second-order valence-electron chi connectivity index (χ2n) is 7.16. The zero-order valence-corrected chi connectivity index (χ0v) is 15.7. The van der Waals surface area contributed by atoms with Crippen molar-refractivity contribution in [2.75, 3.05) is 10.2 Å². The Bertz CT molecular complexity index is 852. The second kappa shape index (κ2) is 7.64. The normalized spacial score (nSPS) is 17.8. The average Bonchev–Trinajstić information content (AvgIpc) is 3.29. The Labute approximate surface area is 163 Å². The standard InChI is InChI=1S/C20H21ClN4O2/c21-15-6-3-7-16-14(15)11-19(26)25(16)17(10-13-4-1-2-5-13)20(27)24-18-12-22-8-9-23-18/h3,6-9,12-13,17H,1-2,4-5,10-11H2,(H,23,24,27). The SMILES string of the molecule is O=C(Nc1cnccn1)C(CC1CCCC1)N1C(=O)Cc2c(Cl)cccc21. The van der Waals surface area contributed by atoms with Crippen molar-refractivity contribution in [3.63, 3.8) is 0 Å². The van der Waals surface area contributed by atoms with Crippen LogP contribution >= 0.6 is 11.6 Å². The van der Waals surface area contributed by atoms with Crippen LogP contribution in [0.2, 0.25) is 5.02 Å². The van der Waals surface area contributed by atoms with Crippen LogP contribution < -0.4 is 10.2 Å². The van der Waals surface area contributed by atoms with Crippen molar-refractivity contribution in [3.05, 3.63) is 47.4 Å². The Morgan fingerprint density at radius 2 is 2.11 bits per heavy atom. The van der Waals surface area contributed by atoms with E-state index in [2.05, 4.69) is 15.3 Å². The topological polar surface area (TPSA) is 75.2 Å². The number of aromatic nitrogens is 2. The summed E-state index contributed by atoms with van der Waals surface area (Å²) >= 11 is 6.29. The van der Waals surface area contributed by atoms with Gasteiger partial charge in [0, 0.05) is 28.7 Å². The van der Waals surface area contributed by atoms with Crippen molar-refractivity contribution in [1.29, 1.82) is 0 Å². The molecule has 2 aliphatic rings. The number of halogens is 1. The average molecular weight is 385 g/mol. The summed E-state index contributed by atoms with van der Waals surface area (Å²) in [6.45, 7) is 0. The van der Waals surface area contributed by atoms with Crippen LogP contribution in [0.4, 0.5) is 11.5 Å². The van der Waals surface area contributed by atoms with Crippen LogP contribution in [0.25, 0.3) is 0 Å². The molecule has 2 heterocycles. The number of hydrogen-bond donors (Lipinski definition) is 1. The van der Waals surface area contributed by atoms with E-state index in [0.717, 1.165) is 24.1 Å². The van der Waals surface area contributed by atoms with Crippen molar-refractivity contribution in [2.24, 2.45) is 5.92 Å². The minimum absolute atomic E-state index is 0.0876. The van der Waals surface area contributed by atoms with E-state index in [1.165, 1.54) is 25.2 Å². The molecule has 1 aromatic heterocycles. The van der Waals surface area contributed by atoms with E-state index in [-0.39, 0.29) is 18.2 Å². The Hall–Kier alpha value is -2.47. The van der Waals surface area contributed by atoms with Crippen LogP contribution in [-0.2, 0) is 16.0 Å². The third kappa shape index (κ3) is 3.67. The van der Waals surface area contributed by atoms with Gasteiger partial charge in [0.25, 0.3) is 0 Å². The molecule has 6 nitrogen and oxygen atoms in total. The fraction of sp³-hybridized carbons (Fsp3) is 0.400. The molecule has 0 spiro atoms. The quantitative estimate of drug-likeness (QED) is 0.854. The zero-order valence-electron chi connectivity index (χ0n) is 14.9. The number of nitrogens with zero attached hydrogens (tertiary/aromatic N) is 3. The summed E-state index contributed by atoms with van der Waals surface area (Å²) in [4.78, 5) is 35.7. The maximum Gasteiger partial charge on any atom is 0.248 e. The molecule has 1 atom stereocenters. The molecule has 1 N–H and O–H groups in total. The number of carbonyl (C=O) groups is 2. The lowest BCUT2D eigenvalue weighted by molar-refractivity contribution is -0.123. The van der Waals surface area contributed by atoms with Gasteiger partial charge in [-0.2, -0.15) is 0 Å². The highest BCUT2D eigenvalue weighted by molar-refractivity contribution is 6.32. The molecule has 1 aliphatic carbocycles. The van der Waals surface area contributed by atoms with Gasteiger partial charge in [-0.1, -0.05) is 43.4 Å². The largest absolute Gasteiger partial charge is 0.308 e. The molecule has 1 aliphatic heterocycles. The third-order valence-corrected chi connectivity index (χ3v) is 5.76. The molecule has 7 heteroatoms. The predicted molar refractivity (Wildman–Crippen MR) is 104 cm³/mol. The molecule has 1 aromatic carbocycles. The van der Waals surface area contributed by atoms with E-state index in [9.17, 15) is 9.59 Å². The van der Waals surface area contributed by atoms with Crippen molar-refractivity contribution in [2.45, 2.75) is 44.6 Å². The lowest BCUT2D eigenvalue weighted by Gasteiger charge is -2.29. The Morgan fingerprint density at radius 1 is 1.30 bits per heavy atom. The van der Waals surface area contributed by atoms with Crippen LogP contribution in [0, 0.1) is 5.92 Å². The number of nitrogens with one attached hydrogen (secondary N) is 1. The number of benzene rings is 1. The Morgan fingerprint density at radius 3 is 2.85 bits per heavy atom. The lowest BCUT2D eigenvalue weighted by Crippen LogP contribution is -2.47. The van der Waals surface area contributed by atoms with E-state index in [0.29, 0.717) is 23.2 Å². The molecule has 2 aromatic rings. The van der Waals surface area contributed by atoms with Gasteiger partial charge in [0.05, 0.1) is 12.6 Å². The molecule has 0 bridgehead atoms. The molecule has 0 saturated heterocycles. The van der Waals surface area contributed by atoms with E-state index in [4.69, 9.17) is 11.6 Å². The molecule has 27 heavy (non-hydrogen) atoms. The number of rotatable bonds is 5. The molecule has 2 amide bonds. The highest BCUT2D eigenvalue weighted by Gasteiger charge is 2.39. The number of anilines is 2. The second-order valence-corrected chi connectivity index (χ2v) is 7.57. The van der Waals surface area contributed by atoms with Gasteiger partial charge < -0.3 is 5.32 Å².